The molecule has 0 spiro atoms. The van der Waals surface area contributed by atoms with E-state index in [0.717, 1.165) is 11.8 Å². The Morgan fingerprint density at radius 3 is 0.461 bits per heavy atom. The SMILES string of the molecule is CCCCC(CC)CCNCCC(CC)CCCC.Fc1c(F)c(F)c(-c2c(C(F)(F)F)c(F)c(F)c(F)c2C(F)(F)C(F)(F)F)c(F)c1F.Fc1c(F)c(F)c(-c2c(F)c(F)c(F)c(F)c2F)c(F)c1F.Fc1c(F)c(F)c(-c2c(F)c(F)c(F)c(F)c2F)c(F)c1F.Fc1c(F)c(F)c(-c2c(F)c(F)c(F)c(F)c2F)c(F)c1F.Fc1c(F)c(F)c(-c2c(F)c(F)c(F)c(F)c2F)c(F)c1F.[O]=[Al][OH]. The molecule has 141 heavy (non-hydrogen) atoms. The average Bonchev–Trinajstić information content (AvgIpc) is 0.708. The minimum absolute atomic E-state index is 0.953. The van der Waals surface area contributed by atoms with E-state index in [9.17, 15) is 246 Å². The summed E-state index contributed by atoms with van der Waals surface area (Å²) in [5, 5.41) is 3.67. The molecule has 2 N–H and O–H groups in total. The predicted molar refractivity (Wildman–Crippen MR) is 370 cm³/mol. The van der Waals surface area contributed by atoms with Crippen LogP contribution in [0.2, 0.25) is 0 Å². The molecule has 0 heterocycles. The fraction of sp³-hybridized carbons (Fsp3) is 0.259. The van der Waals surface area contributed by atoms with Crippen LogP contribution in [0.15, 0.2) is 0 Å². The van der Waals surface area contributed by atoms with Crippen LogP contribution in [0, 0.1) is 291 Å². The molecular weight excluding hydrogens is 2110 g/mol. The Balaban J connectivity index is 0.000000353. The van der Waals surface area contributed by atoms with Crippen molar-refractivity contribution < 1.29 is 254 Å². The van der Waals surface area contributed by atoms with Crippen LogP contribution in [0.5, 0.6) is 0 Å². The summed E-state index contributed by atoms with van der Waals surface area (Å²) in [6.45, 7) is 11.7. The van der Waals surface area contributed by atoms with E-state index in [1.165, 1.54) is 77.3 Å². The summed E-state index contributed by atoms with van der Waals surface area (Å²) in [5.41, 5.74) is -32.3. The number of hydrogen-bond donors (Lipinski definition) is 2. The minimum atomic E-state index is -7.10. The Morgan fingerprint density at radius 1 is 0.206 bits per heavy atom. The molecule has 0 saturated heterocycles. The molecule has 10 rings (SSSR count). The van der Waals surface area contributed by atoms with Crippen molar-refractivity contribution in [2.75, 3.05) is 13.1 Å². The van der Waals surface area contributed by atoms with Gasteiger partial charge in [-0.2, -0.15) is 35.1 Å². The molecule has 2 unspecified atom stereocenters. The Morgan fingerprint density at radius 2 is 0.333 bits per heavy atom. The van der Waals surface area contributed by atoms with Crippen LogP contribution in [-0.2, 0) is 15.9 Å². The molecule has 0 aliphatic carbocycles. The second-order valence-electron chi connectivity index (χ2n) is 27.4. The van der Waals surface area contributed by atoms with Gasteiger partial charge in [-0.15, -0.1) is 0 Å². The molecule has 60 heteroatoms. The van der Waals surface area contributed by atoms with E-state index in [2.05, 4.69) is 33.0 Å². The van der Waals surface area contributed by atoms with Gasteiger partial charge in [0.15, 0.2) is 227 Å². The number of rotatable bonds is 20. The maximum absolute atomic E-state index is 13.9. The van der Waals surface area contributed by atoms with Crippen molar-refractivity contribution in [3.63, 3.8) is 0 Å². The second kappa shape index (κ2) is 48.9. The maximum atomic E-state index is 13.9. The normalized spacial score (nSPS) is 11.9. The van der Waals surface area contributed by atoms with E-state index in [1.807, 2.05) is 0 Å². The number of nitrogens with one attached hydrogen (secondary N) is 1. The molecule has 2 atom stereocenters. The Kier molecular flexibility index (Phi) is 42.2. The Hall–Kier alpha value is -11.6. The average molecular weight is 2150 g/mol. The molecule has 0 aliphatic rings. The van der Waals surface area contributed by atoms with E-state index in [-0.39, 0.29) is 0 Å². The molecular formula is C81H40AlF56NO2. The van der Waals surface area contributed by atoms with Crippen molar-refractivity contribution in [2.24, 2.45) is 11.8 Å². The first kappa shape index (κ1) is 122. The third kappa shape index (κ3) is 24.5. The molecule has 0 aliphatic heterocycles. The standard InChI is InChI=1S/C18H39N.C15F16.4C12F10.Al.H2O.O/c1-5-9-11-17(7-3)13-15-19-16-14-18(8-4)12-10-6-2;16-5-2(6(17)10(21)12(23)9(5)20)1-3(13(24,25)15(29,30)31)7(18)11(22)8(19)4(1)14(26,27)28;4*13-3-1(4(14)8(18)11(21)7(3)17)2-5(15)9(19)12(22)10(20)6(2)16;;;/h17-19H,5-16H2,1-4H3;;;;;;;1H2;/q;;;;;;+1;;/p-1. The van der Waals surface area contributed by atoms with Gasteiger partial charge in [0.1, 0.15) is 5.56 Å². The Labute approximate surface area is 753 Å². The molecule has 0 bridgehead atoms. The van der Waals surface area contributed by atoms with Crippen molar-refractivity contribution in [1.82, 2.24) is 5.32 Å². The van der Waals surface area contributed by atoms with Gasteiger partial charge >= 0.3 is 41.7 Å². The number of benzene rings is 10. The van der Waals surface area contributed by atoms with Gasteiger partial charge < -0.3 is 5.32 Å². The van der Waals surface area contributed by atoms with Crippen LogP contribution < -0.4 is 5.32 Å². The summed E-state index contributed by atoms with van der Waals surface area (Å²) in [6.07, 6.45) is 0.159. The fourth-order valence-electron chi connectivity index (χ4n) is 11.9. The summed E-state index contributed by atoms with van der Waals surface area (Å²) in [4.78, 5) is 0. The topological polar surface area (TPSA) is 49.3 Å². The van der Waals surface area contributed by atoms with Gasteiger partial charge in [0.05, 0.1) is 55.6 Å². The molecule has 0 aromatic heterocycles. The van der Waals surface area contributed by atoms with Gasteiger partial charge in [0, 0.05) is 5.56 Å². The summed E-state index contributed by atoms with van der Waals surface area (Å²) in [5.74, 6) is -139. The van der Waals surface area contributed by atoms with Crippen molar-refractivity contribution in [3.05, 3.63) is 290 Å². The van der Waals surface area contributed by atoms with Gasteiger partial charge in [0.25, 0.3) is 0 Å². The van der Waals surface area contributed by atoms with Gasteiger partial charge in [-0.1, -0.05) is 79.1 Å². The first-order valence-electron chi connectivity index (χ1n) is 37.1. The first-order valence-corrected chi connectivity index (χ1v) is 38.0. The number of hydrogen-bond acceptors (Lipinski definition) is 2. The van der Waals surface area contributed by atoms with E-state index in [0.29, 0.717) is 0 Å². The van der Waals surface area contributed by atoms with Crippen molar-refractivity contribution >= 4 is 15.5 Å². The van der Waals surface area contributed by atoms with Crippen molar-refractivity contribution in [3.8, 4) is 55.6 Å². The molecule has 10 aromatic carbocycles. The van der Waals surface area contributed by atoms with Crippen molar-refractivity contribution in [1.29, 1.82) is 0 Å². The van der Waals surface area contributed by atoms with Crippen LogP contribution in [0.3, 0.4) is 0 Å². The van der Waals surface area contributed by atoms with E-state index in [1.54, 1.807) is 0 Å². The van der Waals surface area contributed by atoms with E-state index >= 15 is 0 Å². The molecule has 0 amide bonds. The second-order valence-corrected chi connectivity index (χ2v) is 27.6. The molecule has 776 valence electrons. The zero-order chi connectivity index (χ0) is 109. The Bertz CT molecular complexity index is 5280. The molecule has 0 fully saturated rings. The van der Waals surface area contributed by atoms with Gasteiger partial charge in [0.2, 0.25) is 52.4 Å². The summed E-state index contributed by atoms with van der Waals surface area (Å²) in [6, 6.07) is 0. The molecule has 3 nitrogen and oxygen atoms in total. The molecule has 10 aromatic rings. The van der Waals surface area contributed by atoms with E-state index < -0.39 is 380 Å². The molecule has 0 radical (unpaired) electrons. The van der Waals surface area contributed by atoms with Crippen LogP contribution >= 0.6 is 0 Å². The first-order chi connectivity index (χ1) is 64.9. The monoisotopic (exact) mass is 2150 g/mol. The zero-order valence-corrected chi connectivity index (χ0v) is 69.4. The zero-order valence-electron chi connectivity index (χ0n) is 68.2. The summed E-state index contributed by atoms with van der Waals surface area (Å²) < 4.78 is 754. The fourth-order valence-corrected chi connectivity index (χ4v) is 11.9. The number of alkyl halides is 8. The van der Waals surface area contributed by atoms with Gasteiger partial charge in [-0.25, -0.2) is 211 Å². The van der Waals surface area contributed by atoms with Gasteiger partial charge in [-0.05, 0) is 37.8 Å². The van der Waals surface area contributed by atoms with Crippen LogP contribution in [0.1, 0.15) is 103 Å². The quantitative estimate of drug-likeness (QED) is 0.0263. The van der Waals surface area contributed by atoms with Crippen LogP contribution in [-0.4, -0.2) is 38.9 Å². The van der Waals surface area contributed by atoms with Crippen LogP contribution in [0.4, 0.5) is 246 Å². The predicted octanol–water partition coefficient (Wildman–Crippen LogP) is 30.9. The third-order valence-corrected chi connectivity index (χ3v) is 19.0. The van der Waals surface area contributed by atoms with Gasteiger partial charge in [-0.3, -0.25) is 0 Å². The summed E-state index contributed by atoms with van der Waals surface area (Å²) in [7, 11) is 0. The number of unbranched alkanes of at least 4 members (excludes halogenated alkanes) is 2. The third-order valence-electron chi connectivity index (χ3n) is 19.0. The number of halogens is 56. The van der Waals surface area contributed by atoms with E-state index in [4.69, 9.17) is 7.96 Å². The summed E-state index contributed by atoms with van der Waals surface area (Å²) >= 11 is -1.50. The van der Waals surface area contributed by atoms with Crippen LogP contribution in [0.25, 0.3) is 55.6 Å². The molecule has 0 saturated carbocycles. The van der Waals surface area contributed by atoms with Crippen molar-refractivity contribution in [2.45, 2.75) is 110 Å².